The van der Waals surface area contributed by atoms with Crippen molar-refractivity contribution in [1.29, 1.82) is 0 Å². The third kappa shape index (κ3) is 5.19. The van der Waals surface area contributed by atoms with E-state index < -0.39 is 0 Å². The second kappa shape index (κ2) is 8.26. The van der Waals surface area contributed by atoms with Crippen molar-refractivity contribution >= 4 is 17.7 Å². The van der Waals surface area contributed by atoms with Crippen LogP contribution in [0, 0.1) is 6.92 Å². The summed E-state index contributed by atoms with van der Waals surface area (Å²) in [5.74, 6) is 2.37. The van der Waals surface area contributed by atoms with Crippen LogP contribution in [0.1, 0.15) is 43.9 Å². The number of methoxy groups -OCH3 is 1. The minimum atomic E-state index is -0.339. The Kier molecular flexibility index (Phi) is 6.00. The van der Waals surface area contributed by atoms with Gasteiger partial charge in [0.05, 0.1) is 13.2 Å². The fourth-order valence-corrected chi connectivity index (χ4v) is 4.10. The Morgan fingerprint density at radius 2 is 2.00 bits per heavy atom. The molecule has 4 nitrogen and oxygen atoms in total. The summed E-state index contributed by atoms with van der Waals surface area (Å²) >= 11 is 1.71. The number of aryl methyl sites for hydroxylation is 1. The Morgan fingerprint density at radius 1 is 1.26 bits per heavy atom. The van der Waals surface area contributed by atoms with Crippen LogP contribution in [0.3, 0.4) is 0 Å². The van der Waals surface area contributed by atoms with Crippen LogP contribution in [-0.2, 0) is 4.79 Å². The molecule has 0 saturated carbocycles. The number of fused-ring (bicyclic) bond motifs is 1. The molecule has 1 amide bonds. The Morgan fingerprint density at radius 3 is 2.70 bits per heavy atom. The molecule has 144 valence electrons. The molecule has 0 radical (unpaired) electrons. The lowest BCUT2D eigenvalue weighted by molar-refractivity contribution is -0.121. The van der Waals surface area contributed by atoms with Crippen molar-refractivity contribution in [2.75, 3.05) is 12.9 Å². The standard InChI is InChI=1S/C22H27NO3S/c1-15-5-8-17(9-6-15)27-12-11-21(24)23-19-14-22(2,3)26-20-13-16(25-4)7-10-18(19)20/h5-10,13,19H,11-12,14H2,1-4H3,(H,23,24)/t19-/m1/s1. The first kappa shape index (κ1) is 19.6. The van der Waals surface area contributed by atoms with E-state index in [9.17, 15) is 4.79 Å². The second-order valence-electron chi connectivity index (χ2n) is 7.50. The number of ether oxygens (including phenoxy) is 2. The van der Waals surface area contributed by atoms with Crippen molar-refractivity contribution in [3.63, 3.8) is 0 Å². The number of amides is 1. The van der Waals surface area contributed by atoms with E-state index in [1.165, 1.54) is 10.5 Å². The maximum Gasteiger partial charge on any atom is 0.221 e. The van der Waals surface area contributed by atoms with E-state index in [1.54, 1.807) is 18.9 Å². The summed E-state index contributed by atoms with van der Waals surface area (Å²) in [7, 11) is 1.64. The van der Waals surface area contributed by atoms with E-state index >= 15 is 0 Å². The molecule has 0 spiro atoms. The molecule has 0 aromatic heterocycles. The first-order chi connectivity index (χ1) is 12.9. The largest absolute Gasteiger partial charge is 0.497 e. The summed E-state index contributed by atoms with van der Waals surface area (Å²) in [6.45, 7) is 6.16. The number of carbonyl (C=O) groups is 1. The van der Waals surface area contributed by atoms with Crippen LogP contribution in [0.25, 0.3) is 0 Å². The molecule has 0 aliphatic carbocycles. The minimum Gasteiger partial charge on any atom is -0.497 e. The Hall–Kier alpha value is -2.14. The lowest BCUT2D eigenvalue weighted by atomic mass is 9.89. The predicted molar refractivity (Wildman–Crippen MR) is 110 cm³/mol. The molecule has 1 N–H and O–H groups in total. The van der Waals surface area contributed by atoms with Crippen molar-refractivity contribution in [2.45, 2.75) is 50.2 Å². The van der Waals surface area contributed by atoms with E-state index in [-0.39, 0.29) is 17.6 Å². The van der Waals surface area contributed by atoms with Gasteiger partial charge in [-0.05, 0) is 45.0 Å². The molecule has 3 rings (SSSR count). The summed E-state index contributed by atoms with van der Waals surface area (Å²) in [5, 5.41) is 3.19. The lowest BCUT2D eigenvalue weighted by Crippen LogP contribution is -2.41. The van der Waals surface area contributed by atoms with E-state index in [1.807, 2.05) is 32.0 Å². The predicted octanol–water partition coefficient (Wildman–Crippen LogP) is 4.90. The van der Waals surface area contributed by atoms with Crippen LogP contribution in [-0.4, -0.2) is 24.4 Å². The van der Waals surface area contributed by atoms with Gasteiger partial charge in [0.2, 0.25) is 5.91 Å². The zero-order chi connectivity index (χ0) is 19.4. The molecule has 0 saturated heterocycles. The van der Waals surface area contributed by atoms with Gasteiger partial charge in [-0.1, -0.05) is 17.7 Å². The SMILES string of the molecule is COc1ccc2c(c1)OC(C)(C)C[C@H]2NC(=O)CCSc1ccc(C)cc1. The summed E-state index contributed by atoms with van der Waals surface area (Å²) in [6.07, 6.45) is 1.23. The molecule has 0 unspecified atom stereocenters. The van der Waals surface area contributed by atoms with Gasteiger partial charge in [-0.2, -0.15) is 0 Å². The molecule has 1 atom stereocenters. The average Bonchev–Trinajstić information content (AvgIpc) is 2.62. The third-order valence-corrected chi connectivity index (χ3v) is 5.65. The molecule has 2 aromatic carbocycles. The van der Waals surface area contributed by atoms with Gasteiger partial charge in [-0.3, -0.25) is 4.79 Å². The summed E-state index contributed by atoms with van der Waals surface area (Å²) in [6, 6.07) is 14.1. The van der Waals surface area contributed by atoms with Gasteiger partial charge in [0, 0.05) is 35.1 Å². The van der Waals surface area contributed by atoms with Gasteiger partial charge in [-0.15, -0.1) is 11.8 Å². The topological polar surface area (TPSA) is 47.6 Å². The molecule has 27 heavy (non-hydrogen) atoms. The highest BCUT2D eigenvalue weighted by Gasteiger charge is 2.34. The fourth-order valence-electron chi connectivity index (χ4n) is 3.25. The highest BCUT2D eigenvalue weighted by atomic mass is 32.2. The highest BCUT2D eigenvalue weighted by molar-refractivity contribution is 7.99. The van der Waals surface area contributed by atoms with Gasteiger partial charge in [0.15, 0.2) is 0 Å². The van der Waals surface area contributed by atoms with Crippen molar-refractivity contribution in [1.82, 2.24) is 5.32 Å². The van der Waals surface area contributed by atoms with Crippen LogP contribution in [0.15, 0.2) is 47.4 Å². The number of nitrogens with one attached hydrogen (secondary N) is 1. The number of thioether (sulfide) groups is 1. The van der Waals surface area contributed by atoms with Crippen molar-refractivity contribution in [3.8, 4) is 11.5 Å². The Bertz CT molecular complexity index is 802. The minimum absolute atomic E-state index is 0.0495. The van der Waals surface area contributed by atoms with Crippen LogP contribution >= 0.6 is 11.8 Å². The van der Waals surface area contributed by atoms with Gasteiger partial charge in [0.25, 0.3) is 0 Å². The molecule has 0 bridgehead atoms. The summed E-state index contributed by atoms with van der Waals surface area (Å²) in [4.78, 5) is 13.7. The molecule has 1 heterocycles. The molecule has 1 aliphatic rings. The van der Waals surface area contributed by atoms with Gasteiger partial charge in [0.1, 0.15) is 17.1 Å². The molecular weight excluding hydrogens is 358 g/mol. The van der Waals surface area contributed by atoms with Gasteiger partial charge >= 0.3 is 0 Å². The molecule has 1 aliphatic heterocycles. The maximum absolute atomic E-state index is 12.5. The normalized spacial score (nSPS) is 17.6. The van der Waals surface area contributed by atoms with Gasteiger partial charge in [-0.25, -0.2) is 0 Å². The molecule has 5 heteroatoms. The molecule has 2 aromatic rings. The number of hydrogen-bond acceptors (Lipinski definition) is 4. The number of carbonyl (C=O) groups excluding carboxylic acids is 1. The number of hydrogen-bond donors (Lipinski definition) is 1. The van der Waals surface area contributed by atoms with Crippen LogP contribution in [0.2, 0.25) is 0 Å². The Balaban J connectivity index is 1.60. The third-order valence-electron chi connectivity index (χ3n) is 4.63. The van der Waals surface area contributed by atoms with E-state index in [0.29, 0.717) is 6.42 Å². The summed E-state index contributed by atoms with van der Waals surface area (Å²) < 4.78 is 11.4. The summed E-state index contributed by atoms with van der Waals surface area (Å²) in [5.41, 5.74) is 1.91. The fraction of sp³-hybridized carbons (Fsp3) is 0.409. The first-order valence-corrected chi connectivity index (χ1v) is 10.2. The van der Waals surface area contributed by atoms with Crippen LogP contribution < -0.4 is 14.8 Å². The van der Waals surface area contributed by atoms with Crippen molar-refractivity contribution < 1.29 is 14.3 Å². The van der Waals surface area contributed by atoms with Crippen molar-refractivity contribution in [3.05, 3.63) is 53.6 Å². The number of benzene rings is 2. The zero-order valence-corrected chi connectivity index (χ0v) is 17.2. The van der Waals surface area contributed by atoms with E-state index in [0.717, 1.165) is 29.2 Å². The van der Waals surface area contributed by atoms with Gasteiger partial charge < -0.3 is 14.8 Å². The quantitative estimate of drug-likeness (QED) is 0.718. The smallest absolute Gasteiger partial charge is 0.221 e. The van der Waals surface area contributed by atoms with Crippen LogP contribution in [0.4, 0.5) is 0 Å². The van der Waals surface area contributed by atoms with Crippen LogP contribution in [0.5, 0.6) is 11.5 Å². The lowest BCUT2D eigenvalue weighted by Gasteiger charge is -2.38. The second-order valence-corrected chi connectivity index (χ2v) is 8.67. The van der Waals surface area contributed by atoms with E-state index in [2.05, 4.69) is 36.5 Å². The molecule has 0 fully saturated rings. The first-order valence-electron chi connectivity index (χ1n) is 9.22. The monoisotopic (exact) mass is 385 g/mol. The highest BCUT2D eigenvalue weighted by Crippen LogP contribution is 2.41. The average molecular weight is 386 g/mol. The maximum atomic E-state index is 12.5. The van der Waals surface area contributed by atoms with E-state index in [4.69, 9.17) is 9.47 Å². The zero-order valence-electron chi connectivity index (χ0n) is 16.4. The Labute approximate surface area is 165 Å². The number of rotatable bonds is 6. The molecular formula is C22H27NO3S. The van der Waals surface area contributed by atoms with Crippen molar-refractivity contribution in [2.24, 2.45) is 0 Å².